The number of ether oxygens (including phenoxy) is 2. The molecule has 2 atom stereocenters. The van der Waals surface area contributed by atoms with Gasteiger partial charge in [-0.2, -0.15) is 0 Å². The molecule has 2 aliphatic rings. The molecule has 6 nitrogen and oxygen atoms in total. The zero-order chi connectivity index (χ0) is 26.6. The summed E-state index contributed by atoms with van der Waals surface area (Å²) in [4.78, 5) is 27.1. The molecular formula is C31H28ClNO5. The van der Waals surface area contributed by atoms with Gasteiger partial charge in [0.05, 0.1) is 5.57 Å². The van der Waals surface area contributed by atoms with Crippen LogP contribution in [-0.2, 0) is 14.3 Å². The van der Waals surface area contributed by atoms with Gasteiger partial charge in [-0.05, 0) is 66.8 Å². The van der Waals surface area contributed by atoms with E-state index in [0.717, 1.165) is 11.3 Å². The van der Waals surface area contributed by atoms with Crippen LogP contribution in [-0.4, -0.2) is 30.1 Å². The van der Waals surface area contributed by atoms with E-state index in [1.165, 1.54) is 0 Å². The number of carbonyl (C=O) groups excluding carboxylic acids is 2. The minimum absolute atomic E-state index is 0.00715. The largest absolute Gasteiger partial charge is 0.508 e. The number of allylic oxidation sites excluding steroid dienone is 3. The molecule has 1 heterocycles. The number of esters is 1. The highest BCUT2D eigenvalue weighted by Gasteiger charge is 2.41. The number of hydrogen-bond acceptors (Lipinski definition) is 6. The van der Waals surface area contributed by atoms with E-state index in [1.807, 2.05) is 67.6 Å². The zero-order valence-corrected chi connectivity index (χ0v) is 21.7. The molecule has 194 valence electrons. The molecule has 0 aromatic heterocycles. The molecule has 7 heteroatoms. The minimum atomic E-state index is -0.653. The van der Waals surface area contributed by atoms with E-state index >= 15 is 0 Å². The van der Waals surface area contributed by atoms with Crippen LogP contribution in [0.3, 0.4) is 0 Å². The van der Waals surface area contributed by atoms with Gasteiger partial charge in [-0.3, -0.25) is 4.79 Å². The lowest BCUT2D eigenvalue weighted by Crippen LogP contribution is -2.36. The summed E-state index contributed by atoms with van der Waals surface area (Å²) >= 11 is 6.06. The van der Waals surface area contributed by atoms with E-state index in [-0.39, 0.29) is 30.7 Å². The fourth-order valence-electron chi connectivity index (χ4n) is 5.21. The summed E-state index contributed by atoms with van der Waals surface area (Å²) in [5.74, 6) is -0.482. The van der Waals surface area contributed by atoms with E-state index < -0.39 is 11.9 Å². The first-order chi connectivity index (χ1) is 18.4. The second kappa shape index (κ2) is 11.2. The first kappa shape index (κ1) is 25.6. The highest BCUT2D eigenvalue weighted by Crippen LogP contribution is 2.46. The molecule has 0 saturated carbocycles. The third-order valence-corrected chi connectivity index (χ3v) is 7.17. The summed E-state index contributed by atoms with van der Waals surface area (Å²) in [6, 6.07) is 23.5. The maximum Gasteiger partial charge on any atom is 0.336 e. The van der Waals surface area contributed by atoms with Crippen molar-refractivity contribution in [1.82, 2.24) is 5.32 Å². The van der Waals surface area contributed by atoms with Crippen molar-refractivity contribution >= 4 is 23.4 Å². The Kier molecular flexibility index (Phi) is 7.52. The van der Waals surface area contributed by atoms with E-state index in [2.05, 4.69) is 5.32 Å². The van der Waals surface area contributed by atoms with Crippen molar-refractivity contribution in [3.63, 3.8) is 0 Å². The third-order valence-electron chi connectivity index (χ3n) is 6.92. The van der Waals surface area contributed by atoms with Gasteiger partial charge in [-0.25, -0.2) is 4.79 Å². The van der Waals surface area contributed by atoms with Gasteiger partial charge in [0.1, 0.15) is 24.7 Å². The molecule has 0 fully saturated rings. The molecule has 0 spiro atoms. The molecule has 0 amide bonds. The number of ketones is 1. The van der Waals surface area contributed by atoms with Crippen molar-refractivity contribution in [3.8, 4) is 11.5 Å². The monoisotopic (exact) mass is 529 g/mol. The van der Waals surface area contributed by atoms with Gasteiger partial charge < -0.3 is 19.9 Å². The van der Waals surface area contributed by atoms with Crippen molar-refractivity contribution in [2.75, 3.05) is 13.2 Å². The number of benzene rings is 3. The molecule has 0 unspecified atom stereocenters. The second-order valence-electron chi connectivity index (χ2n) is 9.46. The molecular weight excluding hydrogens is 502 g/mol. The van der Waals surface area contributed by atoms with Gasteiger partial charge in [-0.1, -0.05) is 54.1 Å². The number of carbonyl (C=O) groups is 2. The van der Waals surface area contributed by atoms with Crippen LogP contribution in [0.25, 0.3) is 0 Å². The highest BCUT2D eigenvalue weighted by atomic mass is 35.5. The zero-order valence-electron chi connectivity index (χ0n) is 20.9. The van der Waals surface area contributed by atoms with Crippen LogP contribution < -0.4 is 10.1 Å². The van der Waals surface area contributed by atoms with Crippen molar-refractivity contribution in [2.24, 2.45) is 0 Å². The number of rotatable bonds is 7. The first-order valence-electron chi connectivity index (χ1n) is 12.5. The number of halogens is 1. The van der Waals surface area contributed by atoms with Crippen molar-refractivity contribution in [2.45, 2.75) is 31.6 Å². The molecule has 0 saturated heterocycles. The van der Waals surface area contributed by atoms with Crippen LogP contribution in [0.4, 0.5) is 0 Å². The molecule has 0 radical (unpaired) electrons. The van der Waals surface area contributed by atoms with Crippen molar-refractivity contribution in [1.29, 1.82) is 0 Å². The Labute approximate surface area is 226 Å². The average molecular weight is 530 g/mol. The Hall–Kier alpha value is -4.03. The van der Waals surface area contributed by atoms with Gasteiger partial charge in [0, 0.05) is 34.3 Å². The van der Waals surface area contributed by atoms with Gasteiger partial charge in [0.25, 0.3) is 0 Å². The molecule has 0 bridgehead atoms. The number of aromatic hydroxyl groups is 1. The highest BCUT2D eigenvalue weighted by molar-refractivity contribution is 6.30. The quantitative estimate of drug-likeness (QED) is 0.287. The maximum atomic E-state index is 13.7. The van der Waals surface area contributed by atoms with E-state index in [1.54, 1.807) is 18.2 Å². The summed E-state index contributed by atoms with van der Waals surface area (Å²) in [5.41, 5.74) is 4.00. The van der Waals surface area contributed by atoms with Crippen molar-refractivity contribution < 1.29 is 24.2 Å². The molecule has 3 aromatic rings. The van der Waals surface area contributed by atoms with Crippen LogP contribution in [0.1, 0.15) is 42.7 Å². The van der Waals surface area contributed by atoms with Crippen LogP contribution in [0.2, 0.25) is 5.02 Å². The maximum absolute atomic E-state index is 13.7. The number of dihydropyridines is 1. The molecule has 3 aromatic carbocycles. The minimum Gasteiger partial charge on any atom is -0.508 e. The summed E-state index contributed by atoms with van der Waals surface area (Å²) in [6.07, 6.45) is 0.923. The van der Waals surface area contributed by atoms with Crippen LogP contribution >= 0.6 is 11.6 Å². The SMILES string of the molecule is CC1=C(C(=O)OCCOc2ccccc2)[C@H](c2cccc(O)c2)C2=C(C[C@@H](c3ccc(Cl)cc3)CC2=O)N1. The second-order valence-corrected chi connectivity index (χ2v) is 9.90. The fraction of sp³-hybridized carbons (Fsp3) is 0.226. The lowest BCUT2D eigenvalue weighted by Gasteiger charge is -2.36. The lowest BCUT2D eigenvalue weighted by atomic mass is 9.71. The molecule has 1 aliphatic heterocycles. The summed E-state index contributed by atoms with van der Waals surface area (Å²) < 4.78 is 11.2. The Bertz CT molecular complexity index is 1410. The Balaban J connectivity index is 1.41. The van der Waals surface area contributed by atoms with E-state index in [9.17, 15) is 14.7 Å². The van der Waals surface area contributed by atoms with Gasteiger partial charge in [-0.15, -0.1) is 0 Å². The molecule has 5 rings (SSSR count). The van der Waals surface area contributed by atoms with E-state index in [0.29, 0.717) is 46.0 Å². The smallest absolute Gasteiger partial charge is 0.336 e. The number of nitrogens with one attached hydrogen (secondary N) is 1. The predicted molar refractivity (Wildman–Crippen MR) is 145 cm³/mol. The lowest BCUT2D eigenvalue weighted by molar-refractivity contribution is -0.140. The van der Waals surface area contributed by atoms with E-state index in [4.69, 9.17) is 21.1 Å². The predicted octanol–water partition coefficient (Wildman–Crippen LogP) is 6.03. The van der Waals surface area contributed by atoms with Crippen LogP contribution in [0.5, 0.6) is 11.5 Å². The fourth-order valence-corrected chi connectivity index (χ4v) is 5.33. The Morgan fingerprint density at radius 1 is 0.974 bits per heavy atom. The average Bonchev–Trinajstić information content (AvgIpc) is 2.91. The summed E-state index contributed by atoms with van der Waals surface area (Å²) in [7, 11) is 0. The standard InChI is InChI=1S/C31H28ClNO5/c1-19-28(31(36)38-15-14-37-25-8-3-2-4-9-25)29(21-6-5-7-24(34)16-21)30-26(33-19)17-22(18-27(30)35)20-10-12-23(32)13-11-20/h2-13,16,22,29,33-34H,14-15,17-18H2,1H3/t22-,29+/m1/s1. The summed E-state index contributed by atoms with van der Waals surface area (Å²) in [5, 5.41) is 14.2. The first-order valence-corrected chi connectivity index (χ1v) is 12.9. The third kappa shape index (κ3) is 5.46. The van der Waals surface area contributed by atoms with Gasteiger partial charge >= 0.3 is 5.97 Å². The number of phenols is 1. The Morgan fingerprint density at radius 3 is 2.47 bits per heavy atom. The number of phenolic OH excluding ortho intramolecular Hbond substituents is 1. The van der Waals surface area contributed by atoms with Gasteiger partial charge in [0.15, 0.2) is 5.78 Å². The number of Topliss-reactive ketones (excluding diaryl/α,β-unsaturated/α-hetero) is 1. The summed E-state index contributed by atoms with van der Waals surface area (Å²) in [6.45, 7) is 2.06. The van der Waals surface area contributed by atoms with Gasteiger partial charge in [0.2, 0.25) is 0 Å². The van der Waals surface area contributed by atoms with Crippen molar-refractivity contribution in [3.05, 3.63) is 118 Å². The number of para-hydroxylation sites is 1. The molecule has 2 N–H and O–H groups in total. The normalized spacial score (nSPS) is 19.1. The molecule has 1 aliphatic carbocycles. The van der Waals surface area contributed by atoms with Crippen LogP contribution in [0, 0.1) is 0 Å². The topological polar surface area (TPSA) is 84.9 Å². The number of hydrogen-bond donors (Lipinski definition) is 2. The molecule has 38 heavy (non-hydrogen) atoms. The Morgan fingerprint density at radius 2 is 1.74 bits per heavy atom. The van der Waals surface area contributed by atoms with Crippen LogP contribution in [0.15, 0.2) is 101 Å².